The molecule has 1 aliphatic heterocycles. The molecule has 1 fully saturated rings. The van der Waals surface area contributed by atoms with Gasteiger partial charge in [-0.1, -0.05) is 17.7 Å². The normalized spacial score (nSPS) is 16.0. The molecule has 0 saturated carbocycles. The Labute approximate surface area is 157 Å². The van der Waals surface area contributed by atoms with Gasteiger partial charge in [0.1, 0.15) is 6.33 Å². The van der Waals surface area contributed by atoms with Crippen molar-refractivity contribution in [3.05, 3.63) is 60.0 Å². The number of hydrogen-bond donors (Lipinski definition) is 0. The molecule has 140 valence electrons. The van der Waals surface area contributed by atoms with Crippen LogP contribution in [0.25, 0.3) is 5.65 Å². The van der Waals surface area contributed by atoms with Gasteiger partial charge in [-0.25, -0.2) is 8.42 Å². The maximum atomic E-state index is 12.8. The summed E-state index contributed by atoms with van der Waals surface area (Å²) in [6.45, 7) is 3.17. The van der Waals surface area contributed by atoms with Crippen LogP contribution in [0.3, 0.4) is 0 Å². The highest BCUT2D eigenvalue weighted by molar-refractivity contribution is 7.89. The smallest absolute Gasteiger partial charge is 0.255 e. The molecule has 0 unspecified atom stereocenters. The Morgan fingerprint density at radius 3 is 2.41 bits per heavy atom. The number of carbonyl (C=O) groups excluding carboxylic acids is 1. The average molecular weight is 385 g/mol. The van der Waals surface area contributed by atoms with E-state index in [0.29, 0.717) is 24.3 Å². The highest BCUT2D eigenvalue weighted by atomic mass is 32.2. The monoisotopic (exact) mass is 385 g/mol. The zero-order chi connectivity index (χ0) is 19.0. The molecule has 0 aliphatic carbocycles. The van der Waals surface area contributed by atoms with Gasteiger partial charge in [-0.3, -0.25) is 9.20 Å². The molecule has 0 radical (unpaired) electrons. The number of pyridine rings is 1. The van der Waals surface area contributed by atoms with E-state index in [9.17, 15) is 13.2 Å². The van der Waals surface area contributed by atoms with Crippen molar-refractivity contribution in [3.63, 3.8) is 0 Å². The summed E-state index contributed by atoms with van der Waals surface area (Å²) in [5.41, 5.74) is 2.20. The Kier molecular flexibility index (Phi) is 4.40. The largest absolute Gasteiger partial charge is 0.336 e. The highest BCUT2D eigenvalue weighted by Crippen LogP contribution is 2.19. The second-order valence-electron chi connectivity index (χ2n) is 6.52. The Morgan fingerprint density at radius 1 is 1.00 bits per heavy atom. The SMILES string of the molecule is Cc1ccc(S(=O)(=O)N2CCN(C(=O)c3ccc4nncn4c3)CC2)cc1. The number of nitrogens with zero attached hydrogens (tertiary/aromatic N) is 5. The van der Waals surface area contributed by atoms with Crippen LogP contribution in [0.2, 0.25) is 0 Å². The minimum absolute atomic E-state index is 0.127. The fraction of sp³-hybridized carbons (Fsp3) is 0.278. The number of hydrogen-bond acceptors (Lipinski definition) is 5. The molecule has 27 heavy (non-hydrogen) atoms. The fourth-order valence-electron chi connectivity index (χ4n) is 3.13. The molecule has 0 N–H and O–H groups in total. The molecule has 2 aromatic heterocycles. The van der Waals surface area contributed by atoms with Gasteiger partial charge in [0.05, 0.1) is 10.5 Å². The van der Waals surface area contributed by atoms with Gasteiger partial charge in [-0.2, -0.15) is 4.31 Å². The van der Waals surface area contributed by atoms with Gasteiger partial charge < -0.3 is 4.90 Å². The van der Waals surface area contributed by atoms with E-state index in [4.69, 9.17) is 0 Å². The van der Waals surface area contributed by atoms with E-state index in [0.717, 1.165) is 5.56 Å². The summed E-state index contributed by atoms with van der Waals surface area (Å²) in [5.74, 6) is -0.127. The number of piperazine rings is 1. The number of sulfonamides is 1. The first-order valence-corrected chi connectivity index (χ1v) is 10.0. The summed E-state index contributed by atoms with van der Waals surface area (Å²) >= 11 is 0. The summed E-state index contributed by atoms with van der Waals surface area (Å²) in [4.78, 5) is 14.7. The predicted molar refractivity (Wildman–Crippen MR) is 98.8 cm³/mol. The minimum Gasteiger partial charge on any atom is -0.336 e. The van der Waals surface area contributed by atoms with Crippen molar-refractivity contribution < 1.29 is 13.2 Å². The van der Waals surface area contributed by atoms with Gasteiger partial charge in [0.25, 0.3) is 5.91 Å². The lowest BCUT2D eigenvalue weighted by Gasteiger charge is -2.34. The first-order chi connectivity index (χ1) is 12.9. The molecule has 1 aromatic carbocycles. The van der Waals surface area contributed by atoms with E-state index in [1.807, 2.05) is 6.92 Å². The van der Waals surface area contributed by atoms with Crippen LogP contribution in [0.5, 0.6) is 0 Å². The molecule has 8 nitrogen and oxygen atoms in total. The minimum atomic E-state index is -3.54. The summed E-state index contributed by atoms with van der Waals surface area (Å²) < 4.78 is 28.7. The molecule has 0 bridgehead atoms. The second-order valence-corrected chi connectivity index (χ2v) is 8.46. The van der Waals surface area contributed by atoms with Crippen LogP contribution in [0, 0.1) is 6.92 Å². The van der Waals surface area contributed by atoms with E-state index in [2.05, 4.69) is 10.2 Å². The van der Waals surface area contributed by atoms with Crippen molar-refractivity contribution >= 4 is 21.6 Å². The van der Waals surface area contributed by atoms with Gasteiger partial charge in [0, 0.05) is 32.4 Å². The fourth-order valence-corrected chi connectivity index (χ4v) is 4.55. The van der Waals surface area contributed by atoms with Crippen LogP contribution in [0.1, 0.15) is 15.9 Å². The van der Waals surface area contributed by atoms with E-state index in [1.54, 1.807) is 51.9 Å². The number of rotatable bonds is 3. The molecule has 0 atom stereocenters. The summed E-state index contributed by atoms with van der Waals surface area (Å²) in [6.07, 6.45) is 3.23. The van der Waals surface area contributed by atoms with E-state index in [1.165, 1.54) is 10.6 Å². The third-order valence-electron chi connectivity index (χ3n) is 4.72. The predicted octanol–water partition coefficient (Wildman–Crippen LogP) is 1.18. The molecule has 1 aliphatic rings. The van der Waals surface area contributed by atoms with Crippen molar-refractivity contribution in [1.29, 1.82) is 0 Å². The van der Waals surface area contributed by atoms with Gasteiger partial charge in [0.15, 0.2) is 5.65 Å². The Hall–Kier alpha value is -2.78. The molecule has 9 heteroatoms. The molecule has 1 saturated heterocycles. The number of benzene rings is 1. The average Bonchev–Trinajstić information content (AvgIpc) is 3.15. The number of fused-ring (bicyclic) bond motifs is 1. The summed E-state index contributed by atoms with van der Waals surface area (Å²) in [6, 6.07) is 10.3. The third kappa shape index (κ3) is 3.31. The van der Waals surface area contributed by atoms with Crippen molar-refractivity contribution in [2.45, 2.75) is 11.8 Å². The Balaban J connectivity index is 1.46. The maximum Gasteiger partial charge on any atom is 0.255 e. The van der Waals surface area contributed by atoms with Crippen LogP contribution in [0.15, 0.2) is 53.8 Å². The molecule has 1 amide bonds. The quantitative estimate of drug-likeness (QED) is 0.676. The molecular formula is C18H19N5O3S. The van der Waals surface area contributed by atoms with Gasteiger partial charge in [-0.15, -0.1) is 10.2 Å². The highest BCUT2D eigenvalue weighted by Gasteiger charge is 2.30. The van der Waals surface area contributed by atoms with Crippen molar-refractivity contribution in [2.75, 3.05) is 26.2 Å². The number of carbonyl (C=O) groups is 1. The lowest BCUT2D eigenvalue weighted by molar-refractivity contribution is 0.0697. The molecular weight excluding hydrogens is 366 g/mol. The number of aromatic nitrogens is 3. The number of amides is 1. The van der Waals surface area contributed by atoms with Crippen LogP contribution in [-0.4, -0.2) is 64.3 Å². The first-order valence-electron chi connectivity index (χ1n) is 8.61. The van der Waals surface area contributed by atoms with Crippen LogP contribution < -0.4 is 0 Å². The molecule has 0 spiro atoms. The van der Waals surface area contributed by atoms with Crippen LogP contribution in [-0.2, 0) is 10.0 Å². The standard InChI is InChI=1S/C18H19N5O3S/c1-14-2-5-16(6-3-14)27(25,26)23-10-8-21(9-11-23)18(24)15-4-7-17-20-19-13-22(17)12-15/h2-7,12-13H,8-11H2,1H3. The second kappa shape index (κ2) is 6.75. The van der Waals surface area contributed by atoms with Crippen molar-refractivity contribution in [1.82, 2.24) is 23.8 Å². The van der Waals surface area contributed by atoms with Gasteiger partial charge >= 0.3 is 0 Å². The van der Waals surface area contributed by atoms with E-state index < -0.39 is 10.0 Å². The lowest BCUT2D eigenvalue weighted by Crippen LogP contribution is -2.50. The topological polar surface area (TPSA) is 87.9 Å². The van der Waals surface area contributed by atoms with E-state index in [-0.39, 0.29) is 23.9 Å². The summed E-state index contributed by atoms with van der Waals surface area (Å²) in [7, 11) is -3.54. The summed E-state index contributed by atoms with van der Waals surface area (Å²) in [5, 5.41) is 7.72. The molecule has 3 heterocycles. The van der Waals surface area contributed by atoms with Crippen LogP contribution >= 0.6 is 0 Å². The molecule has 4 rings (SSSR count). The van der Waals surface area contributed by atoms with Crippen molar-refractivity contribution in [2.24, 2.45) is 0 Å². The Morgan fingerprint density at radius 2 is 1.70 bits per heavy atom. The zero-order valence-corrected chi connectivity index (χ0v) is 15.6. The van der Waals surface area contributed by atoms with Crippen LogP contribution in [0.4, 0.5) is 0 Å². The number of aryl methyl sites for hydroxylation is 1. The maximum absolute atomic E-state index is 12.8. The molecule has 3 aromatic rings. The van der Waals surface area contributed by atoms with E-state index >= 15 is 0 Å². The lowest BCUT2D eigenvalue weighted by atomic mass is 10.2. The Bertz CT molecular complexity index is 1080. The van der Waals surface area contributed by atoms with Crippen molar-refractivity contribution in [3.8, 4) is 0 Å². The zero-order valence-electron chi connectivity index (χ0n) is 14.8. The first kappa shape index (κ1) is 17.6. The van der Waals surface area contributed by atoms with Gasteiger partial charge in [-0.05, 0) is 31.2 Å². The van der Waals surface area contributed by atoms with Gasteiger partial charge in [0.2, 0.25) is 10.0 Å². The third-order valence-corrected chi connectivity index (χ3v) is 6.64.